The molecule has 0 spiro atoms. The summed E-state index contributed by atoms with van der Waals surface area (Å²) in [5, 5.41) is 32.5. The Labute approximate surface area is 182 Å². The molecule has 0 radical (unpaired) electrons. The first-order valence-electron chi connectivity index (χ1n) is 10.5. The van der Waals surface area contributed by atoms with Crippen molar-refractivity contribution in [1.82, 2.24) is 0 Å². The van der Waals surface area contributed by atoms with Crippen molar-refractivity contribution < 1.29 is 19.8 Å². The maximum atomic E-state index is 9.64. The number of aliphatic carboxylic acids is 2. The highest BCUT2D eigenvalue weighted by Crippen LogP contribution is 2.47. The Morgan fingerprint density at radius 1 is 0.406 bits per heavy atom. The van der Waals surface area contributed by atoms with Crippen LogP contribution in [0.1, 0.15) is 12.8 Å². The number of carboxylic acids is 2. The Morgan fingerprint density at radius 2 is 0.562 bits per heavy atom. The molecule has 2 N–H and O–H groups in total. The van der Waals surface area contributed by atoms with Gasteiger partial charge in [-0.2, -0.15) is 0 Å². The summed E-state index contributed by atoms with van der Waals surface area (Å²) in [6.45, 7) is 0. The van der Waals surface area contributed by atoms with Crippen molar-refractivity contribution in [3.8, 4) is 0 Å². The van der Waals surface area contributed by atoms with E-state index in [4.69, 9.17) is 10.2 Å². The third-order valence-electron chi connectivity index (χ3n) is 6.44. The van der Waals surface area contributed by atoms with Crippen LogP contribution in [0.2, 0.25) is 0 Å². The van der Waals surface area contributed by atoms with Crippen LogP contribution >= 0.6 is 0 Å². The summed E-state index contributed by atoms with van der Waals surface area (Å²) in [6, 6.07) is 27.3. The van der Waals surface area contributed by atoms with Crippen molar-refractivity contribution >= 4 is 76.6 Å². The predicted molar refractivity (Wildman–Crippen MR) is 130 cm³/mol. The fourth-order valence-electron chi connectivity index (χ4n) is 5.11. The van der Waals surface area contributed by atoms with E-state index in [2.05, 4.69) is 72.8 Å². The van der Waals surface area contributed by atoms with Crippen molar-refractivity contribution in [3.63, 3.8) is 0 Å². The third-order valence-corrected chi connectivity index (χ3v) is 6.44. The first-order valence-corrected chi connectivity index (χ1v) is 10.5. The molecule has 0 saturated carbocycles. The average molecular weight is 418 g/mol. The Hall–Kier alpha value is -4.18. The van der Waals surface area contributed by atoms with E-state index in [9.17, 15) is 9.59 Å². The standard InChI is InChI=1S/C24H12.C4H6O4/c1-2-14-5-6-16-9-11-18-12-10-17-8-7-15-4-3-13(1)19-20(14)22(16)24(18)23(17)21(15)19;5-3(6)1-2-4(7)8/h1-12H;1-2H2,(H,5,6)(H,7,8). The quantitative estimate of drug-likeness (QED) is 0.243. The summed E-state index contributed by atoms with van der Waals surface area (Å²) in [4.78, 5) is 19.3. The van der Waals surface area contributed by atoms with Crippen LogP contribution in [0, 0.1) is 0 Å². The van der Waals surface area contributed by atoms with E-state index in [0.717, 1.165) is 0 Å². The first-order chi connectivity index (χ1) is 15.5. The highest BCUT2D eigenvalue weighted by Gasteiger charge is 2.19. The van der Waals surface area contributed by atoms with Crippen molar-refractivity contribution in [2.24, 2.45) is 0 Å². The van der Waals surface area contributed by atoms with Gasteiger partial charge in [-0.3, -0.25) is 9.59 Å². The largest absolute Gasteiger partial charge is 0.481 e. The van der Waals surface area contributed by atoms with Crippen molar-refractivity contribution in [2.75, 3.05) is 0 Å². The molecule has 32 heavy (non-hydrogen) atoms. The molecule has 0 aliphatic carbocycles. The molecule has 0 unspecified atom stereocenters. The van der Waals surface area contributed by atoms with Crippen LogP contribution in [0.15, 0.2) is 72.8 Å². The van der Waals surface area contributed by atoms with Gasteiger partial charge in [0.2, 0.25) is 0 Å². The van der Waals surface area contributed by atoms with Crippen molar-refractivity contribution in [3.05, 3.63) is 72.8 Å². The zero-order valence-electron chi connectivity index (χ0n) is 17.1. The summed E-state index contributed by atoms with van der Waals surface area (Å²) in [7, 11) is 0. The van der Waals surface area contributed by atoms with Crippen LogP contribution in [0.3, 0.4) is 0 Å². The molecule has 0 saturated heterocycles. The maximum Gasteiger partial charge on any atom is 0.303 e. The lowest BCUT2D eigenvalue weighted by Crippen LogP contribution is -2.00. The lowest BCUT2D eigenvalue weighted by molar-refractivity contribution is -0.143. The van der Waals surface area contributed by atoms with E-state index >= 15 is 0 Å². The Balaban J connectivity index is 0.000000214. The second-order valence-electron chi connectivity index (χ2n) is 8.27. The van der Waals surface area contributed by atoms with Crippen LogP contribution < -0.4 is 0 Å². The van der Waals surface area contributed by atoms with E-state index < -0.39 is 11.9 Å². The van der Waals surface area contributed by atoms with E-state index in [0.29, 0.717) is 0 Å². The Kier molecular flexibility index (Phi) is 3.87. The molecular weight excluding hydrogens is 400 g/mol. The molecule has 0 amide bonds. The number of carbonyl (C=O) groups is 2. The molecule has 0 heterocycles. The Morgan fingerprint density at radius 3 is 0.688 bits per heavy atom. The van der Waals surface area contributed by atoms with E-state index in [1.807, 2.05) is 0 Å². The normalized spacial score (nSPS) is 11.9. The molecule has 0 aliphatic heterocycles. The van der Waals surface area contributed by atoms with Gasteiger partial charge in [-0.15, -0.1) is 0 Å². The fourth-order valence-corrected chi connectivity index (χ4v) is 5.11. The van der Waals surface area contributed by atoms with E-state index in [1.165, 1.54) is 64.6 Å². The van der Waals surface area contributed by atoms with Crippen LogP contribution in [-0.4, -0.2) is 22.2 Å². The minimum absolute atomic E-state index is 0.296. The maximum absolute atomic E-state index is 9.64. The first kappa shape index (κ1) is 18.6. The molecule has 0 bridgehead atoms. The lowest BCUT2D eigenvalue weighted by Gasteiger charge is -2.20. The second kappa shape index (κ2) is 6.66. The molecule has 4 heteroatoms. The molecular formula is C28H18O4. The fraction of sp³-hybridized carbons (Fsp3) is 0.0714. The van der Waals surface area contributed by atoms with Gasteiger partial charge in [0.1, 0.15) is 0 Å². The third kappa shape index (κ3) is 2.56. The van der Waals surface area contributed by atoms with Gasteiger partial charge < -0.3 is 10.2 Å². The van der Waals surface area contributed by atoms with Crippen LogP contribution in [0.25, 0.3) is 64.6 Å². The van der Waals surface area contributed by atoms with Gasteiger partial charge in [-0.1, -0.05) is 72.8 Å². The summed E-state index contributed by atoms with van der Waals surface area (Å²) >= 11 is 0. The van der Waals surface area contributed by atoms with Gasteiger partial charge in [0.25, 0.3) is 0 Å². The highest BCUT2D eigenvalue weighted by atomic mass is 16.4. The molecule has 0 fully saturated rings. The molecule has 7 aromatic rings. The highest BCUT2D eigenvalue weighted by molar-refractivity contribution is 6.44. The molecule has 0 aliphatic rings. The molecule has 4 nitrogen and oxygen atoms in total. The van der Waals surface area contributed by atoms with Gasteiger partial charge >= 0.3 is 11.9 Å². The summed E-state index contributed by atoms with van der Waals surface area (Å²) < 4.78 is 0. The minimum atomic E-state index is -1.08. The molecule has 154 valence electrons. The topological polar surface area (TPSA) is 74.6 Å². The molecule has 7 aromatic carbocycles. The molecule has 0 atom stereocenters. The molecule has 7 rings (SSSR count). The van der Waals surface area contributed by atoms with Gasteiger partial charge in [0.05, 0.1) is 12.8 Å². The number of hydrogen-bond acceptors (Lipinski definition) is 2. The van der Waals surface area contributed by atoms with Crippen LogP contribution in [0.4, 0.5) is 0 Å². The number of carboxylic acid groups (broad SMARTS) is 2. The van der Waals surface area contributed by atoms with Gasteiger partial charge in [-0.25, -0.2) is 0 Å². The van der Waals surface area contributed by atoms with E-state index in [1.54, 1.807) is 0 Å². The van der Waals surface area contributed by atoms with Gasteiger partial charge in [0.15, 0.2) is 0 Å². The summed E-state index contributed by atoms with van der Waals surface area (Å²) in [6.07, 6.45) is -0.593. The van der Waals surface area contributed by atoms with Gasteiger partial charge in [-0.05, 0) is 64.6 Å². The minimum Gasteiger partial charge on any atom is -0.481 e. The zero-order chi connectivity index (χ0) is 22.0. The number of hydrogen-bond donors (Lipinski definition) is 2. The summed E-state index contributed by atoms with van der Waals surface area (Å²) in [5.41, 5.74) is 0. The average Bonchev–Trinajstić information content (AvgIpc) is 2.81. The SMILES string of the molecule is O=C(O)CCC(=O)O.c1cc2ccc3ccc4ccc5ccc6ccc1c1c2c3c4c5c61. The Bertz CT molecular complexity index is 1370. The predicted octanol–water partition coefficient (Wildman–Crippen LogP) is 6.86. The number of benzene rings is 7. The van der Waals surface area contributed by atoms with Gasteiger partial charge in [0, 0.05) is 0 Å². The van der Waals surface area contributed by atoms with Crippen LogP contribution in [-0.2, 0) is 9.59 Å². The van der Waals surface area contributed by atoms with Crippen molar-refractivity contribution in [2.45, 2.75) is 12.8 Å². The second-order valence-corrected chi connectivity index (χ2v) is 8.27. The van der Waals surface area contributed by atoms with Crippen LogP contribution in [0.5, 0.6) is 0 Å². The van der Waals surface area contributed by atoms with Crippen molar-refractivity contribution in [1.29, 1.82) is 0 Å². The molecule has 0 aromatic heterocycles. The monoisotopic (exact) mass is 418 g/mol. The lowest BCUT2D eigenvalue weighted by atomic mass is 9.83. The zero-order valence-corrected chi connectivity index (χ0v) is 17.1. The summed E-state index contributed by atoms with van der Waals surface area (Å²) in [5.74, 6) is -2.15. The smallest absolute Gasteiger partial charge is 0.303 e. The number of rotatable bonds is 3. The van der Waals surface area contributed by atoms with E-state index in [-0.39, 0.29) is 12.8 Å².